The fraction of sp³-hybridized carbons (Fsp3) is 0.250. The van der Waals surface area contributed by atoms with E-state index < -0.39 is 0 Å². The Kier molecular flexibility index (Phi) is 5.27. The molecule has 0 saturated carbocycles. The molecule has 0 saturated heterocycles. The van der Waals surface area contributed by atoms with E-state index in [1.165, 1.54) is 0 Å². The highest BCUT2D eigenvalue weighted by Crippen LogP contribution is 2.12. The van der Waals surface area contributed by atoms with Crippen molar-refractivity contribution in [2.45, 2.75) is 13.0 Å². The van der Waals surface area contributed by atoms with Crippen molar-refractivity contribution in [3.05, 3.63) is 64.9 Å². The molecular formula is C16H17ClN2O. The molecule has 3 nitrogen and oxygen atoms in total. The van der Waals surface area contributed by atoms with Crippen LogP contribution >= 0.6 is 11.6 Å². The first-order valence-electron chi connectivity index (χ1n) is 6.52. The average molecular weight is 289 g/mol. The number of halogens is 1. The van der Waals surface area contributed by atoms with Gasteiger partial charge in [-0.05, 0) is 31.3 Å². The molecule has 20 heavy (non-hydrogen) atoms. The van der Waals surface area contributed by atoms with E-state index in [1.54, 1.807) is 30.5 Å². The monoisotopic (exact) mass is 288 g/mol. The fourth-order valence-electron chi connectivity index (χ4n) is 1.95. The van der Waals surface area contributed by atoms with Gasteiger partial charge in [0.25, 0.3) is 0 Å². The van der Waals surface area contributed by atoms with E-state index >= 15 is 0 Å². The molecular weight excluding hydrogens is 272 g/mol. The average Bonchev–Trinajstić information content (AvgIpc) is 2.46. The van der Waals surface area contributed by atoms with Gasteiger partial charge in [0.15, 0.2) is 5.78 Å². The minimum atomic E-state index is 0.111. The summed E-state index contributed by atoms with van der Waals surface area (Å²) in [5, 5.41) is 0.595. The van der Waals surface area contributed by atoms with Gasteiger partial charge in [0.1, 0.15) is 0 Å². The largest absolute Gasteiger partial charge is 0.300 e. The third-order valence-electron chi connectivity index (χ3n) is 3.03. The summed E-state index contributed by atoms with van der Waals surface area (Å²) in [6, 6.07) is 12.9. The predicted octanol–water partition coefficient (Wildman–Crippen LogP) is 3.44. The molecule has 0 aliphatic heterocycles. The molecule has 0 atom stereocenters. The number of nitrogens with zero attached hydrogens (tertiary/aromatic N) is 2. The van der Waals surface area contributed by atoms with Gasteiger partial charge in [-0.15, -0.1) is 0 Å². The summed E-state index contributed by atoms with van der Waals surface area (Å²) in [7, 11) is 1.99. The van der Waals surface area contributed by atoms with Gasteiger partial charge in [0.2, 0.25) is 0 Å². The van der Waals surface area contributed by atoms with E-state index in [0.29, 0.717) is 23.6 Å². The Hall–Kier alpha value is -1.71. The zero-order chi connectivity index (χ0) is 14.4. The highest BCUT2D eigenvalue weighted by atomic mass is 35.5. The lowest BCUT2D eigenvalue weighted by Gasteiger charge is -2.15. The zero-order valence-corrected chi connectivity index (χ0v) is 12.2. The second-order valence-corrected chi connectivity index (χ2v) is 5.18. The van der Waals surface area contributed by atoms with Crippen molar-refractivity contribution in [3.8, 4) is 0 Å². The number of aromatic nitrogens is 1. The van der Waals surface area contributed by atoms with Crippen molar-refractivity contribution in [2.24, 2.45) is 0 Å². The highest BCUT2D eigenvalue weighted by Gasteiger charge is 2.08. The molecule has 0 aliphatic rings. The molecule has 0 aliphatic carbocycles. The lowest BCUT2D eigenvalue weighted by molar-refractivity contribution is 0.0967. The maximum absolute atomic E-state index is 12.1. The van der Waals surface area contributed by atoms with Gasteiger partial charge in [0, 0.05) is 36.3 Å². The maximum Gasteiger partial charge on any atom is 0.164 e. The molecule has 2 aromatic rings. The number of Topliss-reactive ketones (excluding diaryl/α,β-unsaturated/α-hetero) is 1. The zero-order valence-electron chi connectivity index (χ0n) is 11.4. The van der Waals surface area contributed by atoms with Crippen LogP contribution in [0, 0.1) is 0 Å². The molecule has 2 rings (SSSR count). The van der Waals surface area contributed by atoms with Gasteiger partial charge in [-0.2, -0.15) is 0 Å². The molecule has 0 bridgehead atoms. The molecule has 1 aromatic heterocycles. The molecule has 0 unspecified atom stereocenters. The Morgan fingerprint density at radius 2 is 2.10 bits per heavy atom. The van der Waals surface area contributed by atoms with Crippen LogP contribution in [0.15, 0.2) is 48.7 Å². The number of hydrogen-bond acceptors (Lipinski definition) is 3. The summed E-state index contributed by atoms with van der Waals surface area (Å²) in [6.07, 6.45) is 2.25. The minimum Gasteiger partial charge on any atom is -0.300 e. The van der Waals surface area contributed by atoms with Crippen molar-refractivity contribution in [2.75, 3.05) is 13.6 Å². The minimum absolute atomic E-state index is 0.111. The summed E-state index contributed by atoms with van der Waals surface area (Å²) < 4.78 is 0. The normalized spacial score (nSPS) is 10.8. The van der Waals surface area contributed by atoms with Crippen LogP contribution in [0.4, 0.5) is 0 Å². The van der Waals surface area contributed by atoms with Crippen LogP contribution in [-0.4, -0.2) is 29.3 Å². The summed E-state index contributed by atoms with van der Waals surface area (Å²) >= 11 is 5.89. The highest BCUT2D eigenvalue weighted by molar-refractivity contribution is 6.31. The third kappa shape index (κ3) is 4.44. The SMILES string of the molecule is CN(CCC(=O)c1cccc(Cl)c1)Cc1ccccn1. The predicted molar refractivity (Wildman–Crippen MR) is 81.0 cm³/mol. The quantitative estimate of drug-likeness (QED) is 0.764. The van der Waals surface area contributed by atoms with Gasteiger partial charge in [-0.25, -0.2) is 0 Å². The summed E-state index contributed by atoms with van der Waals surface area (Å²) in [6.45, 7) is 1.44. The molecule has 0 fully saturated rings. The van der Waals surface area contributed by atoms with Crippen LogP contribution in [0.25, 0.3) is 0 Å². The number of pyridine rings is 1. The van der Waals surface area contributed by atoms with Gasteiger partial charge < -0.3 is 4.90 Å². The van der Waals surface area contributed by atoms with Crippen LogP contribution < -0.4 is 0 Å². The Morgan fingerprint density at radius 1 is 1.25 bits per heavy atom. The Balaban J connectivity index is 1.84. The standard InChI is InChI=1S/C16H17ClN2O/c1-19(12-15-7-2-3-9-18-15)10-8-16(20)13-5-4-6-14(17)11-13/h2-7,9,11H,8,10,12H2,1H3. The molecule has 0 spiro atoms. The van der Waals surface area contributed by atoms with Crippen LogP contribution in [0.2, 0.25) is 5.02 Å². The molecule has 1 heterocycles. The van der Waals surface area contributed by atoms with Gasteiger partial charge in [0.05, 0.1) is 5.69 Å². The summed E-state index contributed by atoms with van der Waals surface area (Å²) in [4.78, 5) is 18.4. The number of carbonyl (C=O) groups is 1. The van der Waals surface area contributed by atoms with Crippen molar-refractivity contribution in [3.63, 3.8) is 0 Å². The van der Waals surface area contributed by atoms with Crippen LogP contribution in [0.5, 0.6) is 0 Å². The van der Waals surface area contributed by atoms with Crippen LogP contribution in [0.1, 0.15) is 22.5 Å². The third-order valence-corrected chi connectivity index (χ3v) is 3.26. The van der Waals surface area contributed by atoms with Crippen LogP contribution in [0.3, 0.4) is 0 Å². The Labute approximate surface area is 124 Å². The number of ketones is 1. The van der Waals surface area contributed by atoms with Crippen molar-refractivity contribution in [1.82, 2.24) is 9.88 Å². The van der Waals surface area contributed by atoms with Crippen molar-refractivity contribution >= 4 is 17.4 Å². The summed E-state index contributed by atoms with van der Waals surface area (Å²) in [5.41, 5.74) is 1.67. The molecule has 1 aromatic carbocycles. The first-order chi connectivity index (χ1) is 9.65. The molecule has 104 valence electrons. The van der Waals surface area contributed by atoms with Gasteiger partial charge in [-0.1, -0.05) is 29.8 Å². The topological polar surface area (TPSA) is 33.2 Å². The first kappa shape index (κ1) is 14.7. The van der Waals surface area contributed by atoms with Crippen molar-refractivity contribution in [1.29, 1.82) is 0 Å². The number of benzene rings is 1. The van der Waals surface area contributed by atoms with E-state index in [1.807, 2.05) is 25.2 Å². The van der Waals surface area contributed by atoms with Gasteiger partial charge in [-0.3, -0.25) is 9.78 Å². The van der Waals surface area contributed by atoms with Crippen molar-refractivity contribution < 1.29 is 4.79 Å². The molecule has 0 N–H and O–H groups in total. The Bertz CT molecular complexity index is 572. The smallest absolute Gasteiger partial charge is 0.164 e. The Morgan fingerprint density at radius 3 is 2.80 bits per heavy atom. The summed E-state index contributed by atoms with van der Waals surface area (Å²) in [5.74, 6) is 0.111. The van der Waals surface area contributed by atoms with E-state index in [9.17, 15) is 4.79 Å². The van der Waals surface area contributed by atoms with Gasteiger partial charge >= 0.3 is 0 Å². The lowest BCUT2D eigenvalue weighted by Crippen LogP contribution is -2.22. The first-order valence-corrected chi connectivity index (χ1v) is 6.90. The maximum atomic E-state index is 12.1. The fourth-order valence-corrected chi connectivity index (χ4v) is 2.14. The lowest BCUT2D eigenvalue weighted by atomic mass is 10.1. The van der Waals surface area contributed by atoms with Crippen LogP contribution in [-0.2, 0) is 6.54 Å². The van der Waals surface area contributed by atoms with E-state index in [-0.39, 0.29) is 5.78 Å². The molecule has 0 radical (unpaired) electrons. The number of carbonyl (C=O) groups excluding carboxylic acids is 1. The molecule has 0 amide bonds. The number of rotatable bonds is 6. The van der Waals surface area contributed by atoms with E-state index in [2.05, 4.69) is 9.88 Å². The molecule has 4 heteroatoms. The van der Waals surface area contributed by atoms with E-state index in [4.69, 9.17) is 11.6 Å². The van der Waals surface area contributed by atoms with E-state index in [0.717, 1.165) is 12.2 Å². The second-order valence-electron chi connectivity index (χ2n) is 4.74. The number of hydrogen-bond donors (Lipinski definition) is 0. The second kappa shape index (κ2) is 7.17.